The lowest BCUT2D eigenvalue weighted by atomic mass is 9.86. The van der Waals surface area contributed by atoms with Gasteiger partial charge in [0.1, 0.15) is 0 Å². The standard InChI is InChI=1S/C21H42O3Si2/c1-16-17(12-13-22)14-18(23-25(8,9)20(2,3)4)15-19(16)24-26(10,11)21(5,6)7/h12,18-19,22H,1,13-15H2,2-11H3/b17-12-/t18-,19-/m1/s1. The molecule has 0 radical (unpaired) electrons. The minimum Gasteiger partial charge on any atom is -0.413 e. The molecule has 0 unspecified atom stereocenters. The Hall–Kier alpha value is -0.206. The van der Waals surface area contributed by atoms with E-state index in [1.165, 1.54) is 0 Å². The Morgan fingerprint density at radius 1 is 1.00 bits per heavy atom. The first-order chi connectivity index (χ1) is 11.5. The lowest BCUT2D eigenvalue weighted by molar-refractivity contribution is 0.0967. The average Bonchev–Trinajstić information content (AvgIpc) is 2.40. The van der Waals surface area contributed by atoms with Crippen molar-refractivity contribution in [1.29, 1.82) is 0 Å². The highest BCUT2D eigenvalue weighted by atomic mass is 28.4. The topological polar surface area (TPSA) is 38.7 Å². The van der Waals surface area contributed by atoms with Crippen molar-refractivity contribution < 1.29 is 14.0 Å². The number of hydrogen-bond donors (Lipinski definition) is 1. The van der Waals surface area contributed by atoms with Gasteiger partial charge in [-0.1, -0.05) is 54.2 Å². The summed E-state index contributed by atoms with van der Waals surface area (Å²) in [6.45, 7) is 27.1. The van der Waals surface area contributed by atoms with Crippen molar-refractivity contribution in [1.82, 2.24) is 0 Å². The van der Waals surface area contributed by atoms with Crippen molar-refractivity contribution >= 4 is 16.6 Å². The van der Waals surface area contributed by atoms with E-state index in [4.69, 9.17) is 8.85 Å². The fourth-order valence-electron chi connectivity index (χ4n) is 2.71. The molecule has 0 saturated heterocycles. The van der Waals surface area contributed by atoms with E-state index >= 15 is 0 Å². The van der Waals surface area contributed by atoms with Gasteiger partial charge in [0.15, 0.2) is 16.6 Å². The molecule has 152 valence electrons. The Morgan fingerprint density at radius 2 is 1.46 bits per heavy atom. The molecule has 0 aromatic carbocycles. The van der Waals surface area contributed by atoms with Gasteiger partial charge in [-0.2, -0.15) is 0 Å². The van der Waals surface area contributed by atoms with Crippen LogP contribution in [-0.4, -0.2) is 40.6 Å². The molecule has 26 heavy (non-hydrogen) atoms. The normalized spacial score (nSPS) is 25.0. The SMILES string of the molecule is C=C1/C(=C\CO)C[C@@H](O[Si](C)(C)C(C)(C)C)C[C@H]1O[Si](C)(C)C(C)(C)C. The van der Waals surface area contributed by atoms with E-state index in [9.17, 15) is 5.11 Å². The fourth-order valence-corrected chi connectivity index (χ4v) is 5.38. The Labute approximate surface area is 164 Å². The molecule has 1 saturated carbocycles. The van der Waals surface area contributed by atoms with Crippen LogP contribution >= 0.6 is 0 Å². The Bertz CT molecular complexity index is 536. The summed E-state index contributed by atoms with van der Waals surface area (Å²) in [7, 11) is -3.76. The molecule has 0 heterocycles. The van der Waals surface area contributed by atoms with Crippen molar-refractivity contribution in [2.75, 3.05) is 6.61 Å². The summed E-state index contributed by atoms with van der Waals surface area (Å²) in [6, 6.07) is 0. The van der Waals surface area contributed by atoms with Crippen LogP contribution in [0.3, 0.4) is 0 Å². The lowest BCUT2D eigenvalue weighted by Gasteiger charge is -2.45. The minimum atomic E-state index is -1.91. The third-order valence-corrected chi connectivity index (χ3v) is 15.6. The van der Waals surface area contributed by atoms with Gasteiger partial charge < -0.3 is 14.0 Å². The van der Waals surface area contributed by atoms with Crippen molar-refractivity contribution in [2.45, 2.75) is 103 Å². The van der Waals surface area contributed by atoms with Gasteiger partial charge in [0, 0.05) is 6.42 Å². The zero-order valence-corrected chi connectivity index (χ0v) is 20.8. The Balaban J connectivity index is 3.08. The van der Waals surface area contributed by atoms with E-state index in [2.05, 4.69) is 74.3 Å². The third kappa shape index (κ3) is 5.65. The molecule has 0 aliphatic heterocycles. The summed E-state index contributed by atoms with van der Waals surface area (Å²) >= 11 is 0. The molecule has 0 spiro atoms. The zero-order valence-electron chi connectivity index (χ0n) is 18.8. The first-order valence-electron chi connectivity index (χ1n) is 9.86. The van der Waals surface area contributed by atoms with E-state index in [1.54, 1.807) is 0 Å². The van der Waals surface area contributed by atoms with E-state index in [0.29, 0.717) is 0 Å². The van der Waals surface area contributed by atoms with Crippen molar-refractivity contribution in [3.8, 4) is 0 Å². The largest absolute Gasteiger partial charge is 0.413 e. The molecule has 3 nitrogen and oxygen atoms in total. The number of aliphatic hydroxyl groups excluding tert-OH is 1. The molecule has 1 rings (SSSR count). The second-order valence-electron chi connectivity index (χ2n) is 10.7. The molecule has 0 aromatic heterocycles. The molecule has 1 aliphatic carbocycles. The average molecular weight is 399 g/mol. The first kappa shape index (κ1) is 23.8. The van der Waals surface area contributed by atoms with Gasteiger partial charge in [-0.3, -0.25) is 0 Å². The van der Waals surface area contributed by atoms with E-state index in [-0.39, 0.29) is 28.9 Å². The lowest BCUT2D eigenvalue weighted by Crippen LogP contribution is -2.49. The van der Waals surface area contributed by atoms with Crippen molar-refractivity contribution in [2.24, 2.45) is 0 Å². The van der Waals surface area contributed by atoms with Gasteiger partial charge in [0.2, 0.25) is 0 Å². The number of aliphatic hydroxyl groups is 1. The van der Waals surface area contributed by atoms with Gasteiger partial charge in [-0.15, -0.1) is 0 Å². The van der Waals surface area contributed by atoms with Crippen LogP contribution in [0.15, 0.2) is 23.8 Å². The van der Waals surface area contributed by atoms with Crippen LogP contribution in [0.4, 0.5) is 0 Å². The summed E-state index contributed by atoms with van der Waals surface area (Å²) in [5.74, 6) is 0. The van der Waals surface area contributed by atoms with Gasteiger partial charge in [0.25, 0.3) is 0 Å². The van der Waals surface area contributed by atoms with Gasteiger partial charge in [-0.05, 0) is 53.8 Å². The highest BCUT2D eigenvalue weighted by molar-refractivity contribution is 6.74. The van der Waals surface area contributed by atoms with Crippen LogP contribution < -0.4 is 0 Å². The van der Waals surface area contributed by atoms with Crippen LogP contribution in [-0.2, 0) is 8.85 Å². The molecule has 1 fully saturated rings. The molecule has 0 aromatic rings. The fraction of sp³-hybridized carbons (Fsp3) is 0.810. The van der Waals surface area contributed by atoms with E-state index < -0.39 is 16.6 Å². The Kier molecular flexibility index (Phi) is 7.37. The highest BCUT2D eigenvalue weighted by Crippen LogP contribution is 2.43. The maximum atomic E-state index is 9.45. The van der Waals surface area contributed by atoms with E-state index in [1.807, 2.05) is 6.08 Å². The van der Waals surface area contributed by atoms with Crippen molar-refractivity contribution in [3.05, 3.63) is 23.8 Å². The van der Waals surface area contributed by atoms with Crippen LogP contribution in [0.25, 0.3) is 0 Å². The van der Waals surface area contributed by atoms with Crippen LogP contribution in [0, 0.1) is 0 Å². The second kappa shape index (κ2) is 8.04. The van der Waals surface area contributed by atoms with Crippen LogP contribution in [0.2, 0.25) is 36.3 Å². The molecule has 1 N–H and O–H groups in total. The summed E-state index contributed by atoms with van der Waals surface area (Å²) in [5, 5.41) is 9.78. The molecular weight excluding hydrogens is 356 g/mol. The zero-order chi connectivity index (χ0) is 20.6. The quantitative estimate of drug-likeness (QED) is 0.574. The monoisotopic (exact) mass is 398 g/mol. The maximum Gasteiger partial charge on any atom is 0.192 e. The molecule has 5 heteroatoms. The molecule has 2 atom stereocenters. The summed E-state index contributed by atoms with van der Waals surface area (Å²) in [5.41, 5.74) is 2.13. The summed E-state index contributed by atoms with van der Waals surface area (Å²) in [4.78, 5) is 0. The highest BCUT2D eigenvalue weighted by Gasteiger charge is 2.44. The van der Waals surface area contributed by atoms with Crippen LogP contribution in [0.1, 0.15) is 54.4 Å². The maximum absolute atomic E-state index is 9.45. The summed E-state index contributed by atoms with van der Waals surface area (Å²) < 4.78 is 13.4. The number of rotatable bonds is 5. The van der Waals surface area contributed by atoms with Crippen molar-refractivity contribution in [3.63, 3.8) is 0 Å². The molecular formula is C21H42O3Si2. The second-order valence-corrected chi connectivity index (χ2v) is 20.3. The molecule has 0 amide bonds. The van der Waals surface area contributed by atoms with E-state index in [0.717, 1.165) is 24.0 Å². The molecule has 0 bridgehead atoms. The Morgan fingerprint density at radius 3 is 1.88 bits per heavy atom. The predicted molar refractivity (Wildman–Crippen MR) is 118 cm³/mol. The van der Waals surface area contributed by atoms with Gasteiger partial charge in [-0.25, -0.2) is 0 Å². The van der Waals surface area contributed by atoms with Crippen LogP contribution in [0.5, 0.6) is 0 Å². The van der Waals surface area contributed by atoms with Gasteiger partial charge in [0.05, 0.1) is 18.8 Å². The minimum absolute atomic E-state index is 0.0165. The third-order valence-electron chi connectivity index (χ3n) is 6.57. The smallest absolute Gasteiger partial charge is 0.192 e. The number of hydrogen-bond acceptors (Lipinski definition) is 3. The molecule has 1 aliphatic rings. The van der Waals surface area contributed by atoms with Gasteiger partial charge >= 0.3 is 0 Å². The summed E-state index contributed by atoms with van der Waals surface area (Å²) in [6.07, 6.45) is 3.68. The predicted octanol–water partition coefficient (Wildman–Crippen LogP) is 6.04. The first-order valence-corrected chi connectivity index (χ1v) is 15.7.